The third-order valence-corrected chi connectivity index (χ3v) is 6.48. The summed E-state index contributed by atoms with van der Waals surface area (Å²) >= 11 is 0. The Morgan fingerprint density at radius 1 is 0.960 bits per heavy atom. The molecule has 1 N–H and O–H groups in total. The molecule has 1 saturated carbocycles. The normalized spacial score (nSPS) is 33.1. The van der Waals surface area contributed by atoms with Gasteiger partial charge in [-0.2, -0.15) is 0 Å². The third-order valence-electron chi connectivity index (χ3n) is 6.48. The number of nitrogens with zero attached hydrogens (tertiary/aromatic N) is 4. The van der Waals surface area contributed by atoms with Crippen LogP contribution in [0.25, 0.3) is 11.0 Å². The highest BCUT2D eigenvalue weighted by Crippen LogP contribution is 2.40. The molecule has 5 heteroatoms. The SMILES string of the molecule is O[C@@H]1C[C@H]2CN(c3cnc4ccccc4n3)C[C@H]2C[C@H]1N1CCCC1. The number of rotatable bonds is 2. The zero-order valence-electron chi connectivity index (χ0n) is 14.6. The molecule has 1 aromatic heterocycles. The fourth-order valence-electron chi connectivity index (χ4n) is 5.16. The summed E-state index contributed by atoms with van der Waals surface area (Å²) in [5, 5.41) is 10.7. The second-order valence-electron chi connectivity index (χ2n) is 7.99. The Morgan fingerprint density at radius 2 is 1.68 bits per heavy atom. The van der Waals surface area contributed by atoms with Gasteiger partial charge in [0, 0.05) is 19.1 Å². The molecular formula is C20H26N4O. The van der Waals surface area contributed by atoms with Crippen LogP contribution in [-0.4, -0.2) is 58.3 Å². The van der Waals surface area contributed by atoms with Crippen molar-refractivity contribution >= 4 is 16.9 Å². The van der Waals surface area contributed by atoms with Crippen molar-refractivity contribution in [3.8, 4) is 0 Å². The van der Waals surface area contributed by atoms with Gasteiger partial charge in [0.25, 0.3) is 0 Å². The lowest BCUT2D eigenvalue weighted by Crippen LogP contribution is -2.48. The highest BCUT2D eigenvalue weighted by Gasteiger charge is 2.44. The average Bonchev–Trinajstić information content (AvgIpc) is 3.30. The summed E-state index contributed by atoms with van der Waals surface area (Å²) in [7, 11) is 0. The molecule has 0 unspecified atom stereocenters. The molecule has 0 radical (unpaired) electrons. The maximum Gasteiger partial charge on any atom is 0.147 e. The molecule has 0 spiro atoms. The smallest absolute Gasteiger partial charge is 0.147 e. The average molecular weight is 338 g/mol. The molecule has 2 aromatic rings. The number of anilines is 1. The lowest BCUT2D eigenvalue weighted by atomic mass is 9.77. The Hall–Kier alpha value is -1.72. The van der Waals surface area contributed by atoms with Gasteiger partial charge in [-0.15, -0.1) is 0 Å². The van der Waals surface area contributed by atoms with Crippen molar-refractivity contribution in [2.45, 2.75) is 37.8 Å². The van der Waals surface area contributed by atoms with Crippen LogP contribution in [0.4, 0.5) is 5.82 Å². The Morgan fingerprint density at radius 3 is 2.48 bits per heavy atom. The molecule has 5 nitrogen and oxygen atoms in total. The van der Waals surface area contributed by atoms with Gasteiger partial charge >= 0.3 is 0 Å². The third kappa shape index (κ3) is 2.79. The van der Waals surface area contributed by atoms with Crippen LogP contribution in [0.1, 0.15) is 25.7 Å². The molecule has 0 bridgehead atoms. The molecule has 132 valence electrons. The van der Waals surface area contributed by atoms with E-state index in [1.54, 1.807) is 0 Å². The number of hydrogen-bond donors (Lipinski definition) is 1. The quantitative estimate of drug-likeness (QED) is 0.911. The van der Waals surface area contributed by atoms with Crippen molar-refractivity contribution in [1.29, 1.82) is 0 Å². The predicted molar refractivity (Wildman–Crippen MR) is 98.6 cm³/mol. The van der Waals surface area contributed by atoms with Crippen molar-refractivity contribution in [3.63, 3.8) is 0 Å². The minimum Gasteiger partial charge on any atom is -0.391 e. The molecule has 3 aliphatic rings. The van der Waals surface area contributed by atoms with Crippen molar-refractivity contribution in [2.75, 3.05) is 31.1 Å². The number of para-hydroxylation sites is 2. The first kappa shape index (κ1) is 15.5. The van der Waals surface area contributed by atoms with E-state index in [1.807, 2.05) is 30.5 Å². The molecule has 2 saturated heterocycles. The van der Waals surface area contributed by atoms with Gasteiger partial charge in [-0.25, -0.2) is 4.98 Å². The van der Waals surface area contributed by atoms with E-state index in [1.165, 1.54) is 25.9 Å². The highest BCUT2D eigenvalue weighted by molar-refractivity contribution is 5.75. The summed E-state index contributed by atoms with van der Waals surface area (Å²) in [5.41, 5.74) is 1.91. The number of aliphatic hydroxyl groups is 1. The molecule has 4 atom stereocenters. The fourth-order valence-corrected chi connectivity index (χ4v) is 5.16. The van der Waals surface area contributed by atoms with Gasteiger partial charge in [0.1, 0.15) is 5.82 Å². The maximum atomic E-state index is 10.7. The molecule has 5 rings (SSSR count). The van der Waals surface area contributed by atoms with Crippen molar-refractivity contribution in [2.24, 2.45) is 11.8 Å². The maximum absolute atomic E-state index is 10.7. The number of benzene rings is 1. The van der Waals surface area contributed by atoms with E-state index in [9.17, 15) is 5.11 Å². The molecular weight excluding hydrogens is 312 g/mol. The second kappa shape index (κ2) is 6.22. The lowest BCUT2D eigenvalue weighted by molar-refractivity contribution is -0.000854. The first-order valence-electron chi connectivity index (χ1n) is 9.67. The van der Waals surface area contributed by atoms with Gasteiger partial charge in [-0.1, -0.05) is 12.1 Å². The number of hydrogen-bond acceptors (Lipinski definition) is 5. The molecule has 1 aromatic carbocycles. The van der Waals surface area contributed by atoms with Crippen LogP contribution in [0.3, 0.4) is 0 Å². The van der Waals surface area contributed by atoms with Crippen LogP contribution in [0.5, 0.6) is 0 Å². The minimum atomic E-state index is -0.165. The largest absolute Gasteiger partial charge is 0.391 e. The van der Waals surface area contributed by atoms with Crippen LogP contribution in [0.15, 0.2) is 30.5 Å². The van der Waals surface area contributed by atoms with E-state index in [2.05, 4.69) is 14.8 Å². The van der Waals surface area contributed by atoms with Crippen LogP contribution in [0.2, 0.25) is 0 Å². The van der Waals surface area contributed by atoms with Crippen LogP contribution in [0, 0.1) is 11.8 Å². The van der Waals surface area contributed by atoms with Crippen molar-refractivity contribution < 1.29 is 5.11 Å². The zero-order chi connectivity index (χ0) is 16.8. The number of fused-ring (bicyclic) bond motifs is 2. The molecule has 2 aliphatic heterocycles. The van der Waals surface area contributed by atoms with E-state index >= 15 is 0 Å². The summed E-state index contributed by atoms with van der Waals surface area (Å²) in [6.45, 7) is 4.38. The first-order valence-corrected chi connectivity index (χ1v) is 9.67. The zero-order valence-corrected chi connectivity index (χ0v) is 14.6. The topological polar surface area (TPSA) is 52.5 Å². The van der Waals surface area contributed by atoms with E-state index in [4.69, 9.17) is 4.98 Å². The van der Waals surface area contributed by atoms with E-state index in [0.717, 1.165) is 42.8 Å². The monoisotopic (exact) mass is 338 g/mol. The van der Waals surface area contributed by atoms with Gasteiger partial charge in [-0.3, -0.25) is 9.88 Å². The van der Waals surface area contributed by atoms with Crippen molar-refractivity contribution in [1.82, 2.24) is 14.9 Å². The summed E-state index contributed by atoms with van der Waals surface area (Å²) in [5.74, 6) is 2.24. The van der Waals surface area contributed by atoms with E-state index in [-0.39, 0.29) is 6.10 Å². The summed E-state index contributed by atoms with van der Waals surface area (Å²) in [4.78, 5) is 14.3. The fraction of sp³-hybridized carbons (Fsp3) is 0.600. The standard InChI is InChI=1S/C20H26N4O/c25-19-10-15-13-24(12-14(15)9-18(19)23-7-3-4-8-23)20-11-21-16-5-1-2-6-17(16)22-20/h1-2,5-6,11,14-15,18-19,25H,3-4,7-10,12-13H2/t14-,15+,18-,19-/m1/s1. The number of likely N-dealkylation sites (tertiary alicyclic amines) is 1. The molecule has 0 amide bonds. The summed E-state index contributed by atoms with van der Waals surface area (Å²) in [6, 6.07) is 8.42. The van der Waals surface area contributed by atoms with Gasteiger partial charge in [0.2, 0.25) is 0 Å². The molecule has 1 aliphatic carbocycles. The van der Waals surface area contributed by atoms with E-state index in [0.29, 0.717) is 17.9 Å². The Kier molecular flexibility index (Phi) is 3.86. The highest BCUT2D eigenvalue weighted by atomic mass is 16.3. The van der Waals surface area contributed by atoms with Gasteiger partial charge in [0.05, 0.1) is 23.3 Å². The second-order valence-corrected chi connectivity index (χ2v) is 7.99. The van der Waals surface area contributed by atoms with Gasteiger partial charge in [-0.05, 0) is 62.7 Å². The van der Waals surface area contributed by atoms with Crippen LogP contribution < -0.4 is 4.90 Å². The minimum absolute atomic E-state index is 0.165. The summed E-state index contributed by atoms with van der Waals surface area (Å²) < 4.78 is 0. The number of aromatic nitrogens is 2. The summed E-state index contributed by atoms with van der Waals surface area (Å²) in [6.07, 6.45) is 6.38. The Labute approximate surface area is 148 Å². The molecule has 25 heavy (non-hydrogen) atoms. The van der Waals surface area contributed by atoms with E-state index < -0.39 is 0 Å². The van der Waals surface area contributed by atoms with Crippen LogP contribution >= 0.6 is 0 Å². The molecule has 3 heterocycles. The van der Waals surface area contributed by atoms with Crippen LogP contribution in [-0.2, 0) is 0 Å². The predicted octanol–water partition coefficient (Wildman–Crippen LogP) is 2.30. The number of aliphatic hydroxyl groups excluding tert-OH is 1. The van der Waals surface area contributed by atoms with Gasteiger partial charge < -0.3 is 10.0 Å². The Bertz CT molecular complexity index is 760. The van der Waals surface area contributed by atoms with Crippen molar-refractivity contribution in [3.05, 3.63) is 30.5 Å². The lowest BCUT2D eigenvalue weighted by Gasteiger charge is -2.40. The van der Waals surface area contributed by atoms with Gasteiger partial charge in [0.15, 0.2) is 0 Å². The molecule has 3 fully saturated rings. The Balaban J connectivity index is 1.34. The first-order chi connectivity index (χ1) is 12.3.